The first-order valence-electron chi connectivity index (χ1n) is 4.96. The van der Waals surface area contributed by atoms with Crippen LogP contribution in [0.4, 0.5) is 0 Å². The molecule has 2 nitrogen and oxygen atoms in total. The maximum Gasteiger partial charge on any atom is 0.251 e. The SMILES string of the molecule is O=C(NCc1sccc1Br)c1cccc(S)c1. The van der Waals surface area contributed by atoms with Crippen LogP contribution in [-0.4, -0.2) is 5.91 Å². The summed E-state index contributed by atoms with van der Waals surface area (Å²) in [5.41, 5.74) is 0.630. The first kappa shape index (κ1) is 12.7. The highest BCUT2D eigenvalue weighted by Gasteiger charge is 2.07. The third-order valence-corrected chi connectivity index (χ3v) is 4.41. The summed E-state index contributed by atoms with van der Waals surface area (Å²) in [5, 5.41) is 4.86. The number of thiophene rings is 1. The van der Waals surface area contributed by atoms with Crippen LogP contribution in [0.3, 0.4) is 0 Å². The van der Waals surface area contributed by atoms with E-state index in [9.17, 15) is 4.79 Å². The Bertz CT molecular complexity index is 539. The average molecular weight is 328 g/mol. The molecule has 0 aliphatic rings. The van der Waals surface area contributed by atoms with Gasteiger partial charge < -0.3 is 5.32 Å². The average Bonchev–Trinajstić information content (AvgIpc) is 2.72. The number of carbonyl (C=O) groups excluding carboxylic acids is 1. The van der Waals surface area contributed by atoms with Crippen LogP contribution >= 0.6 is 39.9 Å². The summed E-state index contributed by atoms with van der Waals surface area (Å²) in [5.74, 6) is -0.0822. The van der Waals surface area contributed by atoms with E-state index in [2.05, 4.69) is 33.9 Å². The Morgan fingerprint density at radius 1 is 1.41 bits per heavy atom. The quantitative estimate of drug-likeness (QED) is 0.826. The third-order valence-electron chi connectivity index (χ3n) is 2.21. The van der Waals surface area contributed by atoms with Crippen molar-refractivity contribution in [1.82, 2.24) is 5.32 Å². The highest BCUT2D eigenvalue weighted by molar-refractivity contribution is 9.10. The fourth-order valence-electron chi connectivity index (χ4n) is 1.36. The van der Waals surface area contributed by atoms with E-state index in [-0.39, 0.29) is 5.91 Å². The first-order valence-corrected chi connectivity index (χ1v) is 7.08. The van der Waals surface area contributed by atoms with Crippen molar-refractivity contribution in [1.29, 1.82) is 0 Å². The van der Waals surface area contributed by atoms with Crippen molar-refractivity contribution in [2.45, 2.75) is 11.4 Å². The number of benzene rings is 1. The van der Waals surface area contributed by atoms with Crippen LogP contribution in [0.5, 0.6) is 0 Å². The van der Waals surface area contributed by atoms with Gasteiger partial charge >= 0.3 is 0 Å². The van der Waals surface area contributed by atoms with Crippen LogP contribution < -0.4 is 5.32 Å². The van der Waals surface area contributed by atoms with Crippen molar-refractivity contribution in [3.8, 4) is 0 Å². The summed E-state index contributed by atoms with van der Waals surface area (Å²) in [6.07, 6.45) is 0. The number of carbonyl (C=O) groups is 1. The van der Waals surface area contributed by atoms with Gasteiger partial charge in [-0.15, -0.1) is 24.0 Å². The molecule has 2 rings (SSSR count). The van der Waals surface area contributed by atoms with Gasteiger partial charge in [0.15, 0.2) is 0 Å². The van der Waals surface area contributed by atoms with Crippen LogP contribution in [0.15, 0.2) is 45.1 Å². The molecule has 1 aromatic heterocycles. The second-order valence-corrected chi connectivity index (χ2v) is 5.80. The molecule has 0 radical (unpaired) electrons. The van der Waals surface area contributed by atoms with Crippen molar-refractivity contribution < 1.29 is 4.79 Å². The lowest BCUT2D eigenvalue weighted by Crippen LogP contribution is -2.22. The largest absolute Gasteiger partial charge is 0.347 e. The van der Waals surface area contributed by atoms with E-state index in [1.165, 1.54) is 0 Å². The lowest BCUT2D eigenvalue weighted by molar-refractivity contribution is 0.0951. The molecule has 0 unspecified atom stereocenters. The Morgan fingerprint density at radius 2 is 2.24 bits per heavy atom. The zero-order chi connectivity index (χ0) is 12.3. The molecular weight excluding hydrogens is 318 g/mol. The molecular formula is C12H10BrNOS2. The fourth-order valence-corrected chi connectivity index (χ4v) is 3.02. The summed E-state index contributed by atoms with van der Waals surface area (Å²) >= 11 is 9.25. The second-order valence-electron chi connectivity index (χ2n) is 3.42. The van der Waals surface area contributed by atoms with Crippen molar-refractivity contribution >= 4 is 45.8 Å². The molecule has 1 amide bonds. The van der Waals surface area contributed by atoms with Gasteiger partial charge in [-0.05, 0) is 45.6 Å². The van der Waals surface area contributed by atoms with Crippen molar-refractivity contribution in [3.05, 3.63) is 50.6 Å². The summed E-state index contributed by atoms with van der Waals surface area (Å²) in [4.78, 5) is 13.7. The highest BCUT2D eigenvalue weighted by Crippen LogP contribution is 2.22. The number of nitrogens with one attached hydrogen (secondary N) is 1. The Morgan fingerprint density at radius 3 is 2.88 bits per heavy atom. The molecule has 0 saturated carbocycles. The van der Waals surface area contributed by atoms with Crippen LogP contribution in [0, 0.1) is 0 Å². The number of hydrogen-bond donors (Lipinski definition) is 2. The molecule has 5 heteroatoms. The fraction of sp³-hybridized carbons (Fsp3) is 0.0833. The molecule has 0 bridgehead atoms. The van der Waals surface area contributed by atoms with Gasteiger partial charge in [-0.1, -0.05) is 6.07 Å². The molecule has 0 aliphatic carbocycles. The van der Waals surface area contributed by atoms with Gasteiger partial charge in [0.2, 0.25) is 0 Å². The van der Waals surface area contributed by atoms with E-state index >= 15 is 0 Å². The Kier molecular flexibility index (Phi) is 4.25. The summed E-state index contributed by atoms with van der Waals surface area (Å²) in [6.45, 7) is 0.536. The predicted octanol–water partition coefficient (Wildman–Crippen LogP) is 3.73. The predicted molar refractivity (Wildman–Crippen MR) is 76.9 cm³/mol. The van der Waals surface area contributed by atoms with Crippen molar-refractivity contribution in [2.75, 3.05) is 0 Å². The van der Waals surface area contributed by atoms with Crippen LogP contribution in [0.1, 0.15) is 15.2 Å². The van der Waals surface area contributed by atoms with Crippen LogP contribution in [0.2, 0.25) is 0 Å². The Labute approximate surface area is 118 Å². The lowest BCUT2D eigenvalue weighted by Gasteiger charge is -2.04. The van der Waals surface area contributed by atoms with Gasteiger partial charge in [0.05, 0.1) is 6.54 Å². The molecule has 0 saturated heterocycles. The molecule has 2 aromatic rings. The summed E-state index contributed by atoms with van der Waals surface area (Å²) in [6, 6.07) is 9.16. The maximum absolute atomic E-state index is 11.8. The minimum Gasteiger partial charge on any atom is -0.347 e. The Hall–Kier alpha value is -0.780. The number of amides is 1. The van der Waals surface area contributed by atoms with E-state index in [0.29, 0.717) is 12.1 Å². The lowest BCUT2D eigenvalue weighted by atomic mass is 10.2. The molecule has 17 heavy (non-hydrogen) atoms. The van der Waals surface area contributed by atoms with Crippen LogP contribution in [0.25, 0.3) is 0 Å². The normalized spacial score (nSPS) is 10.2. The zero-order valence-corrected chi connectivity index (χ0v) is 12.1. The molecule has 1 N–H and O–H groups in total. The van der Waals surface area contributed by atoms with Crippen molar-refractivity contribution in [3.63, 3.8) is 0 Å². The molecule has 0 spiro atoms. The third kappa shape index (κ3) is 3.34. The van der Waals surface area contributed by atoms with Gasteiger partial charge in [0.25, 0.3) is 5.91 Å². The van der Waals surface area contributed by atoms with Crippen molar-refractivity contribution in [2.24, 2.45) is 0 Å². The molecule has 0 aliphatic heterocycles. The minimum absolute atomic E-state index is 0.0822. The molecule has 0 fully saturated rings. The highest BCUT2D eigenvalue weighted by atomic mass is 79.9. The van der Waals surface area contributed by atoms with E-state index in [1.54, 1.807) is 23.5 Å². The number of hydrogen-bond acceptors (Lipinski definition) is 3. The van der Waals surface area contributed by atoms with Gasteiger partial charge in [0, 0.05) is 19.8 Å². The Balaban J connectivity index is 2.01. The van der Waals surface area contributed by atoms with Gasteiger partial charge in [-0.2, -0.15) is 0 Å². The number of thiol groups is 1. The zero-order valence-electron chi connectivity index (χ0n) is 8.81. The number of rotatable bonds is 3. The molecule has 1 heterocycles. The van der Waals surface area contributed by atoms with Gasteiger partial charge in [-0.25, -0.2) is 0 Å². The maximum atomic E-state index is 11.8. The molecule has 1 aromatic carbocycles. The van der Waals surface area contributed by atoms with E-state index in [1.807, 2.05) is 23.6 Å². The molecule has 88 valence electrons. The first-order chi connectivity index (χ1) is 8.16. The van der Waals surface area contributed by atoms with E-state index in [4.69, 9.17) is 0 Å². The smallest absolute Gasteiger partial charge is 0.251 e. The topological polar surface area (TPSA) is 29.1 Å². The van der Waals surface area contributed by atoms with E-state index < -0.39 is 0 Å². The molecule has 0 atom stereocenters. The van der Waals surface area contributed by atoms with Gasteiger partial charge in [0.1, 0.15) is 0 Å². The van der Waals surface area contributed by atoms with Crippen LogP contribution in [-0.2, 0) is 6.54 Å². The minimum atomic E-state index is -0.0822. The number of halogens is 1. The standard InChI is InChI=1S/C12H10BrNOS2/c13-10-4-5-17-11(10)7-14-12(15)8-2-1-3-9(16)6-8/h1-6,16H,7H2,(H,14,15). The van der Waals surface area contributed by atoms with E-state index in [0.717, 1.165) is 14.2 Å². The second kappa shape index (κ2) is 5.71. The summed E-state index contributed by atoms with van der Waals surface area (Å²) in [7, 11) is 0. The monoisotopic (exact) mass is 327 g/mol. The summed E-state index contributed by atoms with van der Waals surface area (Å²) < 4.78 is 1.03. The van der Waals surface area contributed by atoms with Gasteiger partial charge in [-0.3, -0.25) is 4.79 Å².